The van der Waals surface area contributed by atoms with Crippen LogP contribution >= 0.6 is 11.6 Å². The first-order valence-electron chi connectivity index (χ1n) is 9.86. The normalized spacial score (nSPS) is 13.4. The number of primary amides is 1. The molecule has 0 unspecified atom stereocenters. The molecule has 30 heavy (non-hydrogen) atoms. The van der Waals surface area contributed by atoms with E-state index in [1.807, 2.05) is 13.8 Å². The smallest absolute Gasteiger partial charge is 0.321 e. The Morgan fingerprint density at radius 1 is 1.27 bits per heavy atom. The van der Waals surface area contributed by atoms with Crippen molar-refractivity contribution in [2.24, 2.45) is 11.7 Å². The van der Waals surface area contributed by atoms with Gasteiger partial charge in [0.2, 0.25) is 5.95 Å². The number of hydrogen-bond donors (Lipinski definition) is 4. The predicted molar refractivity (Wildman–Crippen MR) is 118 cm³/mol. The summed E-state index contributed by atoms with van der Waals surface area (Å²) in [5.74, 6) is 0.400. The number of amides is 3. The van der Waals surface area contributed by atoms with Gasteiger partial charge in [0, 0.05) is 31.5 Å². The molecule has 2 aromatic rings. The molecule has 3 amide bonds. The summed E-state index contributed by atoms with van der Waals surface area (Å²) in [6, 6.07) is 4.97. The summed E-state index contributed by atoms with van der Waals surface area (Å²) >= 11 is 6.25. The average Bonchev–Trinajstić information content (AvgIpc) is 3.24. The van der Waals surface area contributed by atoms with Crippen molar-refractivity contribution >= 4 is 46.7 Å². The largest absolute Gasteiger partial charge is 0.369 e. The lowest BCUT2D eigenvalue weighted by molar-refractivity contribution is 0.100. The van der Waals surface area contributed by atoms with Crippen molar-refractivity contribution in [1.29, 1.82) is 0 Å². The quantitative estimate of drug-likeness (QED) is 0.530. The molecule has 0 atom stereocenters. The number of halogens is 1. The van der Waals surface area contributed by atoms with Crippen LogP contribution in [0.25, 0.3) is 0 Å². The monoisotopic (exact) mass is 431 g/mol. The number of nitrogens with one attached hydrogen (secondary N) is 3. The molecule has 1 aromatic heterocycles. The van der Waals surface area contributed by atoms with Crippen LogP contribution in [0.2, 0.25) is 5.02 Å². The lowest BCUT2D eigenvalue weighted by atomic mass is 10.2. The van der Waals surface area contributed by atoms with Gasteiger partial charge in [-0.05, 0) is 37.0 Å². The zero-order valence-corrected chi connectivity index (χ0v) is 17.8. The van der Waals surface area contributed by atoms with Gasteiger partial charge in [-0.15, -0.1) is 0 Å². The molecule has 2 heterocycles. The fraction of sp³-hybridized carbons (Fsp3) is 0.400. The molecule has 1 aliphatic rings. The minimum Gasteiger partial charge on any atom is -0.369 e. The van der Waals surface area contributed by atoms with E-state index in [1.54, 1.807) is 23.1 Å². The molecule has 1 aromatic carbocycles. The molecule has 0 aliphatic carbocycles. The Kier molecular flexibility index (Phi) is 6.94. The third-order valence-electron chi connectivity index (χ3n) is 4.59. The van der Waals surface area contributed by atoms with Crippen LogP contribution in [-0.2, 0) is 0 Å². The van der Waals surface area contributed by atoms with Crippen LogP contribution in [0.1, 0.15) is 37.0 Å². The van der Waals surface area contributed by atoms with Crippen LogP contribution in [0, 0.1) is 5.92 Å². The maximum Gasteiger partial charge on any atom is 0.321 e. The molecule has 0 bridgehead atoms. The van der Waals surface area contributed by atoms with Crippen molar-refractivity contribution in [3.63, 3.8) is 0 Å². The highest BCUT2D eigenvalue weighted by Gasteiger charge is 2.19. The molecule has 0 radical (unpaired) electrons. The zero-order chi connectivity index (χ0) is 21.7. The molecule has 0 spiro atoms. The van der Waals surface area contributed by atoms with E-state index in [-0.39, 0.29) is 17.5 Å². The Bertz CT molecular complexity index is 929. The summed E-state index contributed by atoms with van der Waals surface area (Å²) < 4.78 is 0. The van der Waals surface area contributed by atoms with Crippen LogP contribution in [0.3, 0.4) is 0 Å². The maximum absolute atomic E-state index is 12.4. The number of carbonyl (C=O) groups is 2. The van der Waals surface area contributed by atoms with E-state index in [9.17, 15) is 9.59 Å². The van der Waals surface area contributed by atoms with Gasteiger partial charge in [0.05, 0.1) is 16.3 Å². The number of nitrogens with two attached hydrogens (primary N) is 1. The first-order valence-corrected chi connectivity index (χ1v) is 10.2. The van der Waals surface area contributed by atoms with Crippen molar-refractivity contribution in [3.05, 3.63) is 35.0 Å². The average molecular weight is 432 g/mol. The molecule has 10 heteroatoms. The predicted octanol–water partition coefficient (Wildman–Crippen LogP) is 3.67. The van der Waals surface area contributed by atoms with Crippen LogP contribution in [0.5, 0.6) is 0 Å². The van der Waals surface area contributed by atoms with Gasteiger partial charge in [0.1, 0.15) is 5.82 Å². The van der Waals surface area contributed by atoms with E-state index < -0.39 is 5.91 Å². The van der Waals surface area contributed by atoms with Gasteiger partial charge in [0.15, 0.2) is 0 Å². The van der Waals surface area contributed by atoms with Gasteiger partial charge < -0.3 is 26.6 Å². The highest BCUT2D eigenvalue weighted by Crippen LogP contribution is 2.28. The van der Waals surface area contributed by atoms with Gasteiger partial charge in [-0.2, -0.15) is 4.98 Å². The van der Waals surface area contributed by atoms with Gasteiger partial charge in [-0.3, -0.25) is 4.79 Å². The van der Waals surface area contributed by atoms with Crippen molar-refractivity contribution in [1.82, 2.24) is 14.9 Å². The van der Waals surface area contributed by atoms with Crippen LogP contribution in [0.4, 0.5) is 27.9 Å². The second-order valence-electron chi connectivity index (χ2n) is 7.54. The maximum atomic E-state index is 12.4. The summed E-state index contributed by atoms with van der Waals surface area (Å²) in [4.78, 5) is 34.3. The van der Waals surface area contributed by atoms with Crippen LogP contribution in [0.15, 0.2) is 24.4 Å². The van der Waals surface area contributed by atoms with Gasteiger partial charge >= 0.3 is 6.03 Å². The first kappa shape index (κ1) is 21.6. The first-order chi connectivity index (χ1) is 14.3. The molecule has 1 aliphatic heterocycles. The lowest BCUT2D eigenvalue weighted by Gasteiger charge is -2.17. The highest BCUT2D eigenvalue weighted by atomic mass is 35.5. The van der Waals surface area contributed by atoms with E-state index in [1.165, 1.54) is 6.20 Å². The SMILES string of the molecule is CC(C)CNc1nc(Nc2ccc(Cl)c(NC(=O)N3CCCC3)c2)ncc1C(N)=O. The Balaban J connectivity index is 1.77. The number of urea groups is 1. The second kappa shape index (κ2) is 9.62. The molecular formula is C20H26ClN7O2. The summed E-state index contributed by atoms with van der Waals surface area (Å²) in [6.07, 6.45) is 3.40. The Morgan fingerprint density at radius 2 is 2.00 bits per heavy atom. The third kappa shape index (κ3) is 5.50. The van der Waals surface area contributed by atoms with Crippen LogP contribution < -0.4 is 21.7 Å². The van der Waals surface area contributed by atoms with Crippen LogP contribution in [-0.4, -0.2) is 46.4 Å². The number of benzene rings is 1. The molecule has 5 N–H and O–H groups in total. The summed E-state index contributed by atoms with van der Waals surface area (Å²) in [5.41, 5.74) is 6.77. The van der Waals surface area contributed by atoms with Gasteiger partial charge in [-0.25, -0.2) is 9.78 Å². The Hall–Kier alpha value is -3.07. The fourth-order valence-electron chi connectivity index (χ4n) is 3.00. The highest BCUT2D eigenvalue weighted by molar-refractivity contribution is 6.33. The number of rotatable bonds is 7. The number of nitrogens with zero attached hydrogens (tertiary/aromatic N) is 3. The van der Waals surface area contributed by atoms with Crippen molar-refractivity contribution in [3.8, 4) is 0 Å². The van der Waals surface area contributed by atoms with Crippen molar-refractivity contribution in [2.75, 3.05) is 35.6 Å². The number of anilines is 4. The lowest BCUT2D eigenvalue weighted by Crippen LogP contribution is -2.32. The Labute approximate surface area is 180 Å². The standard InChI is InChI=1S/C20H26ClN7O2/c1-12(2)10-23-18-14(17(22)29)11-24-19(27-18)25-13-5-6-15(21)16(9-13)26-20(30)28-7-3-4-8-28/h5-6,9,11-12H,3-4,7-8,10H2,1-2H3,(H2,22,29)(H,26,30)(H2,23,24,25,27). The minimum absolute atomic E-state index is 0.172. The molecular weight excluding hydrogens is 406 g/mol. The van der Waals surface area contributed by atoms with Gasteiger partial charge in [-0.1, -0.05) is 25.4 Å². The number of likely N-dealkylation sites (tertiary alicyclic amines) is 1. The third-order valence-corrected chi connectivity index (χ3v) is 4.92. The van der Waals surface area contributed by atoms with E-state index in [0.717, 1.165) is 25.9 Å². The summed E-state index contributed by atoms with van der Waals surface area (Å²) in [5, 5.41) is 9.47. The topological polar surface area (TPSA) is 125 Å². The summed E-state index contributed by atoms with van der Waals surface area (Å²) in [6.45, 7) is 6.21. The Morgan fingerprint density at radius 3 is 2.67 bits per heavy atom. The number of carbonyl (C=O) groups excluding carboxylic acids is 2. The molecule has 0 saturated carbocycles. The number of hydrogen-bond acceptors (Lipinski definition) is 6. The second-order valence-corrected chi connectivity index (χ2v) is 7.95. The van der Waals surface area contributed by atoms with E-state index in [2.05, 4.69) is 25.9 Å². The van der Waals surface area contributed by atoms with E-state index in [0.29, 0.717) is 34.7 Å². The minimum atomic E-state index is -0.605. The molecule has 3 rings (SSSR count). The molecule has 9 nitrogen and oxygen atoms in total. The molecule has 1 fully saturated rings. The number of aromatic nitrogens is 2. The molecule has 1 saturated heterocycles. The van der Waals surface area contributed by atoms with Crippen molar-refractivity contribution in [2.45, 2.75) is 26.7 Å². The fourth-order valence-corrected chi connectivity index (χ4v) is 3.17. The van der Waals surface area contributed by atoms with Crippen molar-refractivity contribution < 1.29 is 9.59 Å². The van der Waals surface area contributed by atoms with E-state index >= 15 is 0 Å². The van der Waals surface area contributed by atoms with Gasteiger partial charge in [0.25, 0.3) is 5.91 Å². The van der Waals surface area contributed by atoms with E-state index in [4.69, 9.17) is 17.3 Å². The summed E-state index contributed by atoms with van der Waals surface area (Å²) in [7, 11) is 0. The molecule has 160 valence electrons. The zero-order valence-electron chi connectivity index (χ0n) is 17.0.